The summed E-state index contributed by atoms with van der Waals surface area (Å²) in [6.45, 7) is 6.15. The molecule has 0 amide bonds. The van der Waals surface area contributed by atoms with Gasteiger partial charge in [-0.3, -0.25) is 4.90 Å². The van der Waals surface area contributed by atoms with E-state index in [0.29, 0.717) is 6.54 Å². The van der Waals surface area contributed by atoms with Gasteiger partial charge in [-0.05, 0) is 79.8 Å². The van der Waals surface area contributed by atoms with Crippen molar-refractivity contribution in [2.75, 3.05) is 25.9 Å². The standard InChI is InChI=1S/C21H30N2O2S2/c1-17-10-14-26-21(17)16-23-12-8-20(9-13-23)15-19-5-3-18(4-6-19)7-11-22-27(2,24)25/h3-6,10,14,20,22H,7-9,11-13,15-16H2,1-2H3. The average Bonchev–Trinajstić information content (AvgIpc) is 3.02. The van der Waals surface area contributed by atoms with Crippen LogP contribution in [0.25, 0.3) is 0 Å². The minimum atomic E-state index is -3.10. The highest BCUT2D eigenvalue weighted by Gasteiger charge is 2.20. The van der Waals surface area contributed by atoms with Gasteiger partial charge in [0, 0.05) is 18.0 Å². The van der Waals surface area contributed by atoms with Crippen molar-refractivity contribution in [3.05, 3.63) is 57.3 Å². The number of hydrogen-bond acceptors (Lipinski definition) is 4. The largest absolute Gasteiger partial charge is 0.298 e. The van der Waals surface area contributed by atoms with Gasteiger partial charge in [0.25, 0.3) is 0 Å². The number of sulfonamides is 1. The molecule has 27 heavy (non-hydrogen) atoms. The van der Waals surface area contributed by atoms with Crippen molar-refractivity contribution in [2.24, 2.45) is 5.92 Å². The summed E-state index contributed by atoms with van der Waals surface area (Å²) in [7, 11) is -3.10. The summed E-state index contributed by atoms with van der Waals surface area (Å²) >= 11 is 1.88. The first kappa shape index (κ1) is 20.5. The lowest BCUT2D eigenvalue weighted by atomic mass is 9.90. The predicted octanol–water partition coefficient (Wildman–Crippen LogP) is 3.60. The monoisotopic (exact) mass is 406 g/mol. The third-order valence-corrected chi connectivity index (χ3v) is 7.10. The van der Waals surface area contributed by atoms with E-state index in [-0.39, 0.29) is 0 Å². The van der Waals surface area contributed by atoms with E-state index >= 15 is 0 Å². The van der Waals surface area contributed by atoms with Crippen molar-refractivity contribution in [2.45, 2.75) is 39.2 Å². The Morgan fingerprint density at radius 1 is 1.11 bits per heavy atom. The van der Waals surface area contributed by atoms with Crippen LogP contribution >= 0.6 is 11.3 Å². The van der Waals surface area contributed by atoms with Crippen molar-refractivity contribution in [1.29, 1.82) is 0 Å². The summed E-state index contributed by atoms with van der Waals surface area (Å²) in [5.41, 5.74) is 3.99. The number of thiophene rings is 1. The van der Waals surface area contributed by atoms with Crippen LogP contribution in [0.3, 0.4) is 0 Å². The molecule has 6 heteroatoms. The number of nitrogens with one attached hydrogen (secondary N) is 1. The smallest absolute Gasteiger partial charge is 0.208 e. The predicted molar refractivity (Wildman–Crippen MR) is 114 cm³/mol. The highest BCUT2D eigenvalue weighted by atomic mass is 32.2. The molecule has 1 aromatic carbocycles. The highest BCUT2D eigenvalue weighted by molar-refractivity contribution is 7.88. The van der Waals surface area contributed by atoms with Crippen LogP contribution in [-0.2, 0) is 29.4 Å². The summed E-state index contributed by atoms with van der Waals surface area (Å²) < 4.78 is 24.8. The second-order valence-corrected chi connectivity index (χ2v) is 10.5. The van der Waals surface area contributed by atoms with Gasteiger partial charge in [0.1, 0.15) is 0 Å². The third kappa shape index (κ3) is 6.71. The minimum absolute atomic E-state index is 0.459. The SMILES string of the molecule is Cc1ccsc1CN1CCC(Cc2ccc(CCNS(C)(=O)=O)cc2)CC1. The van der Waals surface area contributed by atoms with Crippen LogP contribution in [0.4, 0.5) is 0 Å². The first-order valence-corrected chi connectivity index (χ1v) is 12.4. The lowest BCUT2D eigenvalue weighted by molar-refractivity contribution is 0.178. The first-order valence-electron chi connectivity index (χ1n) is 9.67. The molecule has 0 bridgehead atoms. The molecule has 3 rings (SSSR count). The molecule has 1 aliphatic heterocycles. The molecular formula is C21H30N2O2S2. The summed E-state index contributed by atoms with van der Waals surface area (Å²) in [6, 6.07) is 10.9. The summed E-state index contributed by atoms with van der Waals surface area (Å²) in [4.78, 5) is 4.10. The number of aryl methyl sites for hydroxylation is 1. The minimum Gasteiger partial charge on any atom is -0.298 e. The Morgan fingerprint density at radius 2 is 1.78 bits per heavy atom. The summed E-state index contributed by atoms with van der Waals surface area (Å²) in [5.74, 6) is 0.767. The van der Waals surface area contributed by atoms with Crippen molar-refractivity contribution in [1.82, 2.24) is 9.62 Å². The zero-order valence-corrected chi connectivity index (χ0v) is 17.9. The number of rotatable bonds is 8. The van der Waals surface area contributed by atoms with E-state index in [1.165, 1.54) is 53.8 Å². The first-order chi connectivity index (χ1) is 12.9. The van der Waals surface area contributed by atoms with Crippen LogP contribution in [0, 0.1) is 12.8 Å². The lowest BCUT2D eigenvalue weighted by Gasteiger charge is -2.32. The number of hydrogen-bond donors (Lipinski definition) is 1. The van der Waals surface area contributed by atoms with Crippen molar-refractivity contribution in [3.63, 3.8) is 0 Å². The van der Waals surface area contributed by atoms with E-state index in [2.05, 4.69) is 52.3 Å². The summed E-state index contributed by atoms with van der Waals surface area (Å²) in [5, 5.41) is 2.19. The number of benzene rings is 1. The van der Waals surface area contributed by atoms with E-state index in [0.717, 1.165) is 25.3 Å². The van der Waals surface area contributed by atoms with Crippen LogP contribution in [0.15, 0.2) is 35.7 Å². The second kappa shape index (κ2) is 9.32. The van der Waals surface area contributed by atoms with Crippen molar-refractivity contribution < 1.29 is 8.42 Å². The lowest BCUT2D eigenvalue weighted by Crippen LogP contribution is -2.33. The maximum atomic E-state index is 11.1. The fourth-order valence-corrected chi connectivity index (χ4v) is 5.09. The van der Waals surface area contributed by atoms with Crippen molar-refractivity contribution >= 4 is 21.4 Å². The van der Waals surface area contributed by atoms with Gasteiger partial charge in [-0.2, -0.15) is 0 Å². The molecular weight excluding hydrogens is 376 g/mol. The molecule has 1 fully saturated rings. The molecule has 1 saturated heterocycles. The van der Waals surface area contributed by atoms with Crippen molar-refractivity contribution in [3.8, 4) is 0 Å². The van der Waals surface area contributed by atoms with E-state index in [1.54, 1.807) is 0 Å². The molecule has 0 radical (unpaired) electrons. The summed E-state index contributed by atoms with van der Waals surface area (Å²) in [6.07, 6.45) is 5.61. The molecule has 1 aromatic heterocycles. The second-order valence-electron chi connectivity index (χ2n) is 7.68. The van der Waals surface area contributed by atoms with E-state index in [1.807, 2.05) is 11.3 Å². The quantitative estimate of drug-likeness (QED) is 0.729. The van der Waals surface area contributed by atoms with Gasteiger partial charge in [-0.15, -0.1) is 11.3 Å². The zero-order chi connectivity index (χ0) is 19.3. The van der Waals surface area contributed by atoms with Gasteiger partial charge < -0.3 is 0 Å². The van der Waals surface area contributed by atoms with Gasteiger partial charge >= 0.3 is 0 Å². The Kier molecular flexibility index (Phi) is 7.09. The zero-order valence-electron chi connectivity index (χ0n) is 16.3. The van der Waals surface area contributed by atoms with Gasteiger partial charge in [0.15, 0.2) is 0 Å². The fraction of sp³-hybridized carbons (Fsp3) is 0.524. The molecule has 2 heterocycles. The van der Waals surface area contributed by atoms with Gasteiger partial charge in [0.2, 0.25) is 10.0 Å². The molecule has 0 aliphatic carbocycles. The third-order valence-electron chi connectivity index (χ3n) is 5.37. The van der Waals surface area contributed by atoms with Gasteiger partial charge in [0.05, 0.1) is 6.26 Å². The van der Waals surface area contributed by atoms with Crippen LogP contribution in [-0.4, -0.2) is 39.2 Å². The normalized spacial score (nSPS) is 16.7. The topological polar surface area (TPSA) is 49.4 Å². The van der Waals surface area contributed by atoms with Crippen LogP contribution < -0.4 is 4.72 Å². The Hall–Kier alpha value is -1.21. The molecule has 1 N–H and O–H groups in total. The van der Waals surface area contributed by atoms with E-state index < -0.39 is 10.0 Å². The molecule has 0 atom stereocenters. The number of piperidine rings is 1. The molecule has 2 aromatic rings. The van der Waals surface area contributed by atoms with Gasteiger partial charge in [-0.25, -0.2) is 13.1 Å². The molecule has 0 spiro atoms. The number of nitrogens with zero attached hydrogens (tertiary/aromatic N) is 1. The molecule has 0 saturated carbocycles. The average molecular weight is 407 g/mol. The fourth-order valence-electron chi connectivity index (χ4n) is 3.67. The number of likely N-dealkylation sites (tertiary alicyclic amines) is 1. The maximum Gasteiger partial charge on any atom is 0.208 e. The molecule has 148 valence electrons. The maximum absolute atomic E-state index is 11.1. The van der Waals surface area contributed by atoms with Gasteiger partial charge in [-0.1, -0.05) is 24.3 Å². The Morgan fingerprint density at radius 3 is 2.37 bits per heavy atom. The van der Waals surface area contributed by atoms with E-state index in [9.17, 15) is 8.42 Å². The van der Waals surface area contributed by atoms with E-state index in [4.69, 9.17) is 0 Å². The van der Waals surface area contributed by atoms with Crippen LogP contribution in [0.1, 0.15) is 34.4 Å². The van der Waals surface area contributed by atoms with Crippen LogP contribution in [0.2, 0.25) is 0 Å². The van der Waals surface area contributed by atoms with Crippen LogP contribution in [0.5, 0.6) is 0 Å². The Balaban J connectivity index is 1.41. The Labute approximate surface area is 167 Å². The molecule has 1 aliphatic rings. The molecule has 0 unspecified atom stereocenters. The Bertz CT molecular complexity index is 820. The molecule has 4 nitrogen and oxygen atoms in total. The highest BCUT2D eigenvalue weighted by Crippen LogP contribution is 2.25.